The molecule has 0 bridgehead atoms. The predicted molar refractivity (Wildman–Crippen MR) is 179 cm³/mol. The lowest BCUT2D eigenvalue weighted by Gasteiger charge is -2.42. The van der Waals surface area contributed by atoms with Crippen LogP contribution in [0.4, 0.5) is 15.9 Å². The number of nitrogens with zero attached hydrogens (tertiary/aromatic N) is 7. The van der Waals surface area contributed by atoms with Crippen molar-refractivity contribution in [1.29, 1.82) is 5.26 Å². The zero-order valence-electron chi connectivity index (χ0n) is 27.2. The molecule has 0 N–H and O–H groups in total. The lowest BCUT2D eigenvalue weighted by atomic mass is 9.93. The molecule has 2 fully saturated rings. The minimum atomic E-state index is -0.668. The van der Waals surface area contributed by atoms with Crippen LogP contribution in [-0.4, -0.2) is 84.1 Å². The molecular weight excluding hydrogens is 581 g/mol. The molecule has 2 atom stereocenters. The van der Waals surface area contributed by atoms with Crippen molar-refractivity contribution >= 4 is 28.2 Å². The number of carbonyl (C=O) groups excluding carboxylic acids is 1. The second-order valence-electron chi connectivity index (χ2n) is 13.1. The van der Waals surface area contributed by atoms with E-state index in [0.29, 0.717) is 50.8 Å². The molecule has 46 heavy (non-hydrogen) atoms. The van der Waals surface area contributed by atoms with Crippen molar-refractivity contribution in [3.63, 3.8) is 0 Å². The standard InChI is InChI=1S/C36H44FN7O2/c1-24(2)29-11-5-8-26-9-6-12-32(34(26)29)42-17-14-30-31(22-42)39-36(46-23-28-10-7-16-41(28)4)40-35(30)43-18-19-44(27(21-43)13-15-38)33(45)20-25(3)37/h5-6,8-9,11-12,24,27-28H,3,7,10,13-14,16-23H2,1-2,4H3/t27-,28-/m0/s1. The van der Waals surface area contributed by atoms with Crippen molar-refractivity contribution in [2.75, 3.05) is 56.2 Å². The number of anilines is 2. The SMILES string of the molecule is C=C(F)CC(=O)N1CCN(c2nc(OC[C@@H]3CCCN3C)nc3c2CCN(c2cccc4cccc(C(C)C)c24)C3)C[C@@H]1CC#N. The summed E-state index contributed by atoms with van der Waals surface area (Å²) in [7, 11) is 2.13. The van der Waals surface area contributed by atoms with Gasteiger partial charge >= 0.3 is 6.01 Å². The van der Waals surface area contributed by atoms with Gasteiger partial charge in [-0.05, 0) is 55.8 Å². The molecule has 2 aromatic carbocycles. The Morgan fingerprint density at radius 3 is 2.63 bits per heavy atom. The van der Waals surface area contributed by atoms with Crippen LogP contribution < -0.4 is 14.5 Å². The lowest BCUT2D eigenvalue weighted by Crippen LogP contribution is -2.55. The summed E-state index contributed by atoms with van der Waals surface area (Å²) in [6.45, 7) is 12.1. The first-order chi connectivity index (χ1) is 22.2. The number of nitriles is 1. The molecule has 0 aliphatic carbocycles. The molecule has 0 radical (unpaired) electrons. The van der Waals surface area contributed by atoms with Gasteiger partial charge in [-0.3, -0.25) is 4.79 Å². The van der Waals surface area contributed by atoms with Gasteiger partial charge in [0, 0.05) is 48.9 Å². The maximum Gasteiger partial charge on any atom is 0.318 e. The predicted octanol–water partition coefficient (Wildman–Crippen LogP) is 5.59. The minimum absolute atomic E-state index is 0.151. The molecule has 6 rings (SSSR count). The zero-order chi connectivity index (χ0) is 32.4. The van der Waals surface area contributed by atoms with Crippen LogP contribution in [0.3, 0.4) is 0 Å². The van der Waals surface area contributed by atoms with E-state index in [1.807, 2.05) is 0 Å². The molecule has 3 aliphatic rings. The fraction of sp³-hybridized carbons (Fsp3) is 0.500. The Morgan fingerprint density at radius 2 is 1.91 bits per heavy atom. The van der Waals surface area contributed by atoms with E-state index in [1.165, 1.54) is 22.0 Å². The lowest BCUT2D eigenvalue weighted by molar-refractivity contribution is -0.133. The number of ether oxygens (including phenoxy) is 1. The number of aromatic nitrogens is 2. The summed E-state index contributed by atoms with van der Waals surface area (Å²) >= 11 is 0. The molecule has 2 saturated heterocycles. The van der Waals surface area contributed by atoms with Crippen LogP contribution in [-0.2, 0) is 17.8 Å². The van der Waals surface area contributed by atoms with E-state index in [9.17, 15) is 14.4 Å². The Bertz CT molecular complexity index is 1650. The molecule has 242 valence electrons. The van der Waals surface area contributed by atoms with Crippen molar-refractivity contribution in [2.45, 2.75) is 70.5 Å². The number of carbonyl (C=O) groups is 1. The van der Waals surface area contributed by atoms with Gasteiger partial charge in [-0.25, -0.2) is 4.39 Å². The van der Waals surface area contributed by atoms with Crippen molar-refractivity contribution < 1.29 is 13.9 Å². The van der Waals surface area contributed by atoms with Crippen LogP contribution in [0, 0.1) is 11.3 Å². The number of piperazine rings is 1. The maximum atomic E-state index is 13.5. The van der Waals surface area contributed by atoms with Crippen LogP contribution in [0.5, 0.6) is 6.01 Å². The van der Waals surface area contributed by atoms with Gasteiger partial charge in [0.25, 0.3) is 0 Å². The van der Waals surface area contributed by atoms with E-state index in [4.69, 9.17) is 14.7 Å². The average Bonchev–Trinajstić information content (AvgIpc) is 3.46. The average molecular weight is 626 g/mol. The molecule has 4 heterocycles. The van der Waals surface area contributed by atoms with Crippen LogP contribution in [0.1, 0.15) is 62.3 Å². The molecule has 0 spiro atoms. The van der Waals surface area contributed by atoms with Crippen molar-refractivity contribution in [1.82, 2.24) is 19.8 Å². The summed E-state index contributed by atoms with van der Waals surface area (Å²) in [6.07, 6.45) is 2.77. The maximum absolute atomic E-state index is 13.5. The fourth-order valence-corrected chi connectivity index (χ4v) is 7.30. The van der Waals surface area contributed by atoms with Crippen molar-refractivity contribution in [2.24, 2.45) is 0 Å². The number of halogens is 1. The van der Waals surface area contributed by atoms with Gasteiger partial charge in [-0.2, -0.15) is 15.2 Å². The molecule has 10 heteroatoms. The highest BCUT2D eigenvalue weighted by molar-refractivity contribution is 5.97. The molecule has 9 nitrogen and oxygen atoms in total. The molecule has 1 aromatic heterocycles. The highest BCUT2D eigenvalue weighted by Gasteiger charge is 2.34. The molecule has 1 amide bonds. The third-order valence-electron chi connectivity index (χ3n) is 9.75. The molecule has 3 aromatic rings. The van der Waals surface area contributed by atoms with E-state index >= 15 is 0 Å². The monoisotopic (exact) mass is 625 g/mol. The normalized spacial score (nSPS) is 20.2. The molecular formula is C36H44FN7O2. The Morgan fingerprint density at radius 1 is 1.11 bits per heavy atom. The van der Waals surface area contributed by atoms with Gasteiger partial charge < -0.3 is 24.3 Å². The second-order valence-corrected chi connectivity index (χ2v) is 13.1. The van der Waals surface area contributed by atoms with Crippen molar-refractivity contribution in [3.8, 4) is 12.1 Å². The Labute approximate surface area is 271 Å². The number of benzene rings is 2. The molecule has 0 unspecified atom stereocenters. The van der Waals surface area contributed by atoms with Crippen LogP contribution in [0.15, 0.2) is 48.8 Å². The quantitative estimate of drug-likeness (QED) is 0.304. The smallest absolute Gasteiger partial charge is 0.318 e. The Balaban J connectivity index is 1.34. The summed E-state index contributed by atoms with van der Waals surface area (Å²) < 4.78 is 19.9. The topological polar surface area (TPSA) is 88.8 Å². The first kappa shape index (κ1) is 31.7. The Kier molecular flexibility index (Phi) is 9.41. The van der Waals surface area contributed by atoms with Gasteiger partial charge in [-0.15, -0.1) is 0 Å². The first-order valence-electron chi connectivity index (χ1n) is 16.5. The van der Waals surface area contributed by atoms with E-state index < -0.39 is 5.83 Å². The number of rotatable bonds is 9. The summed E-state index contributed by atoms with van der Waals surface area (Å²) in [4.78, 5) is 31.4. The van der Waals surface area contributed by atoms with Crippen LogP contribution in [0.2, 0.25) is 0 Å². The number of likely N-dealkylation sites (N-methyl/N-ethyl adjacent to an activating group) is 1. The minimum Gasteiger partial charge on any atom is -0.462 e. The third kappa shape index (κ3) is 6.52. The van der Waals surface area contributed by atoms with E-state index in [1.54, 1.807) is 4.90 Å². The van der Waals surface area contributed by atoms with Gasteiger partial charge in [0.15, 0.2) is 0 Å². The largest absolute Gasteiger partial charge is 0.462 e. The van der Waals surface area contributed by atoms with Gasteiger partial charge in [0.05, 0.1) is 37.2 Å². The third-order valence-corrected chi connectivity index (χ3v) is 9.75. The molecule has 3 aliphatic heterocycles. The number of hydrogen-bond donors (Lipinski definition) is 0. The van der Waals surface area contributed by atoms with Gasteiger partial charge in [-0.1, -0.05) is 50.8 Å². The van der Waals surface area contributed by atoms with Crippen LogP contribution >= 0.6 is 0 Å². The van der Waals surface area contributed by atoms with Crippen molar-refractivity contribution in [3.05, 3.63) is 65.6 Å². The summed E-state index contributed by atoms with van der Waals surface area (Å²) in [6, 6.07) is 15.6. The number of fused-ring (bicyclic) bond motifs is 2. The van der Waals surface area contributed by atoms with Gasteiger partial charge in [0.2, 0.25) is 5.91 Å². The zero-order valence-corrected chi connectivity index (χ0v) is 27.2. The second kappa shape index (κ2) is 13.6. The fourth-order valence-electron chi connectivity index (χ4n) is 7.30. The van der Waals surface area contributed by atoms with E-state index in [-0.39, 0.29) is 24.8 Å². The number of likely N-dealkylation sites (tertiary alicyclic amines) is 1. The first-order valence-corrected chi connectivity index (χ1v) is 16.5. The van der Waals surface area contributed by atoms with Crippen LogP contribution in [0.25, 0.3) is 10.8 Å². The molecule has 0 saturated carbocycles. The number of hydrogen-bond acceptors (Lipinski definition) is 8. The highest BCUT2D eigenvalue weighted by Crippen LogP contribution is 2.38. The van der Waals surface area contributed by atoms with E-state index in [2.05, 4.69) is 84.6 Å². The van der Waals surface area contributed by atoms with Gasteiger partial charge in [0.1, 0.15) is 18.3 Å². The summed E-state index contributed by atoms with van der Waals surface area (Å²) in [5.41, 5.74) is 4.56. The Hall–Kier alpha value is -4.23. The number of amides is 1. The highest BCUT2D eigenvalue weighted by atomic mass is 19.1. The summed E-state index contributed by atoms with van der Waals surface area (Å²) in [5, 5.41) is 12.1. The summed E-state index contributed by atoms with van der Waals surface area (Å²) in [5.74, 6) is 0.192. The van der Waals surface area contributed by atoms with E-state index in [0.717, 1.165) is 49.4 Å².